The molecule has 0 radical (unpaired) electrons. The Bertz CT molecular complexity index is 418. The molecule has 0 bridgehead atoms. The number of hydrogen-bond donors (Lipinski definition) is 2. The van der Waals surface area contributed by atoms with Crippen molar-refractivity contribution in [1.82, 2.24) is 4.90 Å². The van der Waals surface area contributed by atoms with E-state index in [-0.39, 0.29) is 11.9 Å². The number of amides is 1. The van der Waals surface area contributed by atoms with Crippen molar-refractivity contribution in [2.24, 2.45) is 5.92 Å². The summed E-state index contributed by atoms with van der Waals surface area (Å²) in [5.74, 6) is 0.525. The quantitative estimate of drug-likeness (QED) is 0.776. The predicted octanol–water partition coefficient (Wildman–Crippen LogP) is 2.57. The van der Waals surface area contributed by atoms with Crippen molar-refractivity contribution in [3.63, 3.8) is 0 Å². The second-order valence-corrected chi connectivity index (χ2v) is 5.23. The van der Waals surface area contributed by atoms with Gasteiger partial charge in [0.25, 0.3) is 0 Å². The molecule has 3 N–H and O–H groups in total. The van der Waals surface area contributed by atoms with Crippen LogP contribution in [0.2, 0.25) is 0 Å². The highest BCUT2D eigenvalue weighted by molar-refractivity contribution is 5.97. The van der Waals surface area contributed by atoms with Gasteiger partial charge in [-0.05, 0) is 31.5 Å². The van der Waals surface area contributed by atoms with E-state index in [1.807, 2.05) is 25.1 Å². The van der Waals surface area contributed by atoms with Crippen LogP contribution in [0.4, 0.5) is 11.4 Å². The first-order valence-electron chi connectivity index (χ1n) is 6.85. The number of para-hydroxylation sites is 2. The molecule has 1 atom stereocenters. The Hall–Kier alpha value is -1.55. The summed E-state index contributed by atoms with van der Waals surface area (Å²) in [6.45, 7) is 10.1. The van der Waals surface area contributed by atoms with E-state index in [1.54, 1.807) is 6.07 Å². The summed E-state index contributed by atoms with van der Waals surface area (Å²) < 4.78 is 0. The average molecular weight is 263 g/mol. The molecule has 1 aromatic carbocycles. The first-order chi connectivity index (χ1) is 8.95. The van der Waals surface area contributed by atoms with Gasteiger partial charge in [-0.3, -0.25) is 9.69 Å². The van der Waals surface area contributed by atoms with Crippen LogP contribution >= 0.6 is 0 Å². The van der Waals surface area contributed by atoms with Gasteiger partial charge < -0.3 is 11.1 Å². The Morgan fingerprint density at radius 1 is 1.32 bits per heavy atom. The van der Waals surface area contributed by atoms with E-state index in [9.17, 15) is 4.79 Å². The highest BCUT2D eigenvalue weighted by atomic mass is 16.2. The van der Waals surface area contributed by atoms with Crippen LogP contribution in [0.15, 0.2) is 24.3 Å². The third-order valence-corrected chi connectivity index (χ3v) is 3.15. The van der Waals surface area contributed by atoms with Crippen molar-refractivity contribution in [3.05, 3.63) is 24.3 Å². The molecular weight excluding hydrogens is 238 g/mol. The van der Waals surface area contributed by atoms with E-state index in [0.717, 1.165) is 13.1 Å². The fourth-order valence-corrected chi connectivity index (χ4v) is 2.04. The van der Waals surface area contributed by atoms with Gasteiger partial charge in [-0.1, -0.05) is 32.9 Å². The molecule has 0 spiro atoms. The lowest BCUT2D eigenvalue weighted by atomic mass is 10.1. The number of anilines is 2. The SMILES string of the molecule is CCN(CC(C)C)C(C)C(=O)Nc1ccccc1N. The standard InChI is InChI=1S/C15H25N3O/c1-5-18(10-11(2)3)12(4)15(19)17-14-9-7-6-8-13(14)16/h6-9,11-12H,5,10,16H2,1-4H3,(H,17,19). The van der Waals surface area contributed by atoms with Gasteiger partial charge in [0.1, 0.15) is 0 Å². The zero-order chi connectivity index (χ0) is 14.4. The zero-order valence-electron chi connectivity index (χ0n) is 12.3. The van der Waals surface area contributed by atoms with Gasteiger partial charge in [-0.2, -0.15) is 0 Å². The summed E-state index contributed by atoms with van der Waals surface area (Å²) in [5, 5.41) is 2.89. The number of carbonyl (C=O) groups is 1. The van der Waals surface area contributed by atoms with Gasteiger partial charge in [0.2, 0.25) is 5.91 Å². The molecule has 0 fully saturated rings. The van der Waals surface area contributed by atoms with Crippen LogP contribution in [0.3, 0.4) is 0 Å². The second kappa shape index (κ2) is 7.14. The lowest BCUT2D eigenvalue weighted by molar-refractivity contribution is -0.120. The number of nitrogens with two attached hydrogens (primary N) is 1. The van der Waals surface area contributed by atoms with Crippen LogP contribution in [0.5, 0.6) is 0 Å². The minimum atomic E-state index is -0.160. The minimum absolute atomic E-state index is 0.0135. The van der Waals surface area contributed by atoms with Crippen molar-refractivity contribution in [2.45, 2.75) is 33.7 Å². The summed E-state index contributed by atoms with van der Waals surface area (Å²) >= 11 is 0. The monoisotopic (exact) mass is 263 g/mol. The average Bonchev–Trinajstić information content (AvgIpc) is 2.37. The Balaban J connectivity index is 2.69. The first-order valence-corrected chi connectivity index (χ1v) is 6.85. The molecule has 0 aliphatic carbocycles. The summed E-state index contributed by atoms with van der Waals surface area (Å²) in [5.41, 5.74) is 7.10. The molecule has 1 amide bonds. The van der Waals surface area contributed by atoms with Gasteiger partial charge in [0, 0.05) is 6.54 Å². The molecule has 0 heterocycles. The van der Waals surface area contributed by atoms with Gasteiger partial charge in [-0.25, -0.2) is 0 Å². The number of rotatable bonds is 6. The van der Waals surface area contributed by atoms with Crippen molar-refractivity contribution in [2.75, 3.05) is 24.1 Å². The molecule has 0 saturated heterocycles. The maximum atomic E-state index is 12.2. The largest absolute Gasteiger partial charge is 0.397 e. The number of nitrogens with one attached hydrogen (secondary N) is 1. The molecule has 0 saturated carbocycles. The van der Waals surface area contributed by atoms with E-state index in [4.69, 9.17) is 5.73 Å². The van der Waals surface area contributed by atoms with Crippen molar-refractivity contribution in [1.29, 1.82) is 0 Å². The number of nitrogens with zero attached hydrogens (tertiary/aromatic N) is 1. The summed E-state index contributed by atoms with van der Waals surface area (Å²) in [6.07, 6.45) is 0. The number of likely N-dealkylation sites (N-methyl/N-ethyl adjacent to an activating group) is 1. The molecule has 0 aliphatic heterocycles. The molecule has 4 heteroatoms. The molecule has 106 valence electrons. The fraction of sp³-hybridized carbons (Fsp3) is 0.533. The van der Waals surface area contributed by atoms with Crippen molar-refractivity contribution < 1.29 is 4.79 Å². The van der Waals surface area contributed by atoms with Crippen LogP contribution in [0.25, 0.3) is 0 Å². The predicted molar refractivity (Wildman–Crippen MR) is 81.0 cm³/mol. The molecule has 1 rings (SSSR count). The van der Waals surface area contributed by atoms with E-state index in [2.05, 4.69) is 31.0 Å². The molecular formula is C15H25N3O. The second-order valence-electron chi connectivity index (χ2n) is 5.23. The van der Waals surface area contributed by atoms with E-state index < -0.39 is 0 Å². The van der Waals surface area contributed by atoms with Gasteiger partial charge in [0.15, 0.2) is 0 Å². The van der Waals surface area contributed by atoms with Crippen molar-refractivity contribution in [3.8, 4) is 0 Å². The summed E-state index contributed by atoms with van der Waals surface area (Å²) in [7, 11) is 0. The first kappa shape index (κ1) is 15.5. The smallest absolute Gasteiger partial charge is 0.241 e. The molecule has 4 nitrogen and oxygen atoms in total. The van der Waals surface area contributed by atoms with Gasteiger partial charge >= 0.3 is 0 Å². The maximum absolute atomic E-state index is 12.2. The number of benzene rings is 1. The Kier molecular flexibility index (Phi) is 5.83. The Morgan fingerprint density at radius 3 is 2.47 bits per heavy atom. The normalized spacial score (nSPS) is 12.7. The van der Waals surface area contributed by atoms with Gasteiger partial charge in [0.05, 0.1) is 17.4 Å². The van der Waals surface area contributed by atoms with E-state index in [0.29, 0.717) is 17.3 Å². The lowest BCUT2D eigenvalue weighted by Crippen LogP contribution is -2.43. The van der Waals surface area contributed by atoms with Gasteiger partial charge in [-0.15, -0.1) is 0 Å². The maximum Gasteiger partial charge on any atom is 0.241 e. The highest BCUT2D eigenvalue weighted by Gasteiger charge is 2.21. The van der Waals surface area contributed by atoms with E-state index in [1.165, 1.54) is 0 Å². The van der Waals surface area contributed by atoms with Crippen molar-refractivity contribution >= 4 is 17.3 Å². The third kappa shape index (κ3) is 4.56. The molecule has 0 aliphatic rings. The topological polar surface area (TPSA) is 58.4 Å². The van der Waals surface area contributed by atoms with Crippen LogP contribution < -0.4 is 11.1 Å². The minimum Gasteiger partial charge on any atom is -0.397 e. The molecule has 19 heavy (non-hydrogen) atoms. The molecule has 0 aromatic heterocycles. The van der Waals surface area contributed by atoms with Crippen LogP contribution in [-0.4, -0.2) is 29.9 Å². The number of carbonyl (C=O) groups excluding carboxylic acids is 1. The summed E-state index contributed by atoms with van der Waals surface area (Å²) in [4.78, 5) is 14.4. The van der Waals surface area contributed by atoms with E-state index >= 15 is 0 Å². The van der Waals surface area contributed by atoms with Crippen LogP contribution in [0.1, 0.15) is 27.7 Å². The Labute approximate surface area is 116 Å². The fourth-order valence-electron chi connectivity index (χ4n) is 2.04. The van der Waals surface area contributed by atoms with Crippen LogP contribution in [0, 0.1) is 5.92 Å². The molecule has 1 aromatic rings. The van der Waals surface area contributed by atoms with Crippen LogP contribution in [-0.2, 0) is 4.79 Å². The summed E-state index contributed by atoms with van der Waals surface area (Å²) in [6, 6.07) is 7.16. The lowest BCUT2D eigenvalue weighted by Gasteiger charge is -2.28. The number of nitrogen functional groups attached to an aromatic ring is 1. The zero-order valence-corrected chi connectivity index (χ0v) is 12.3. The molecule has 1 unspecified atom stereocenters. The number of hydrogen-bond acceptors (Lipinski definition) is 3. The Morgan fingerprint density at radius 2 is 1.95 bits per heavy atom. The third-order valence-electron chi connectivity index (χ3n) is 3.15. The highest BCUT2D eigenvalue weighted by Crippen LogP contribution is 2.17.